The van der Waals surface area contributed by atoms with Gasteiger partial charge in [0.05, 0.1) is 23.9 Å². The minimum atomic E-state index is 0.261. The van der Waals surface area contributed by atoms with Gasteiger partial charge in [0.2, 0.25) is 5.95 Å². The van der Waals surface area contributed by atoms with Crippen LogP contribution in [0.2, 0.25) is 0 Å². The maximum atomic E-state index is 5.64. The van der Waals surface area contributed by atoms with Crippen molar-refractivity contribution in [2.45, 2.75) is 13.3 Å². The fourth-order valence-electron chi connectivity index (χ4n) is 2.10. The van der Waals surface area contributed by atoms with Crippen molar-refractivity contribution in [1.82, 2.24) is 19.5 Å². The molecule has 5 nitrogen and oxygen atoms in total. The molecule has 2 aromatic heterocycles. The van der Waals surface area contributed by atoms with Crippen LogP contribution in [0.3, 0.4) is 0 Å². The van der Waals surface area contributed by atoms with E-state index in [-0.39, 0.29) is 5.95 Å². The second-order valence-corrected chi connectivity index (χ2v) is 4.47. The Morgan fingerprint density at radius 1 is 1.15 bits per heavy atom. The lowest BCUT2D eigenvalue weighted by Gasteiger charge is -2.08. The Morgan fingerprint density at radius 2 is 1.95 bits per heavy atom. The van der Waals surface area contributed by atoms with Crippen molar-refractivity contribution in [1.29, 1.82) is 0 Å². The first-order valence-electron chi connectivity index (χ1n) is 6.48. The predicted octanol–water partition coefficient (Wildman–Crippen LogP) is 2.47. The number of nitrogens with zero attached hydrogens (tertiary/aromatic N) is 4. The predicted molar refractivity (Wildman–Crippen MR) is 78.4 cm³/mol. The van der Waals surface area contributed by atoms with Crippen LogP contribution in [0.4, 0.5) is 5.95 Å². The number of hydrogen-bond acceptors (Lipinski definition) is 4. The lowest BCUT2D eigenvalue weighted by Crippen LogP contribution is -2.00. The van der Waals surface area contributed by atoms with E-state index >= 15 is 0 Å². The van der Waals surface area contributed by atoms with Crippen LogP contribution < -0.4 is 5.73 Å². The van der Waals surface area contributed by atoms with Crippen molar-refractivity contribution in [2.24, 2.45) is 0 Å². The van der Waals surface area contributed by atoms with Gasteiger partial charge in [-0.1, -0.05) is 19.1 Å². The van der Waals surface area contributed by atoms with Crippen LogP contribution in [-0.4, -0.2) is 19.5 Å². The van der Waals surface area contributed by atoms with Crippen LogP contribution in [0.1, 0.15) is 12.5 Å². The zero-order chi connectivity index (χ0) is 13.9. The molecule has 0 radical (unpaired) electrons. The average molecular weight is 265 g/mol. The van der Waals surface area contributed by atoms with E-state index in [1.165, 1.54) is 5.56 Å². The molecule has 0 fully saturated rings. The van der Waals surface area contributed by atoms with E-state index in [2.05, 4.69) is 46.1 Å². The van der Waals surface area contributed by atoms with Gasteiger partial charge in [-0.2, -0.15) is 0 Å². The minimum Gasteiger partial charge on any atom is -0.368 e. The second-order valence-electron chi connectivity index (χ2n) is 4.47. The third-order valence-electron chi connectivity index (χ3n) is 3.20. The monoisotopic (exact) mass is 265 g/mol. The highest BCUT2D eigenvalue weighted by molar-refractivity contribution is 5.58. The average Bonchev–Trinajstić information content (AvgIpc) is 2.97. The molecule has 2 heterocycles. The maximum Gasteiger partial charge on any atom is 0.220 e. The molecule has 2 N–H and O–H groups in total. The van der Waals surface area contributed by atoms with E-state index in [0.29, 0.717) is 0 Å². The normalized spacial score (nSPS) is 10.7. The molecule has 100 valence electrons. The van der Waals surface area contributed by atoms with E-state index < -0.39 is 0 Å². The summed E-state index contributed by atoms with van der Waals surface area (Å²) in [4.78, 5) is 12.4. The zero-order valence-electron chi connectivity index (χ0n) is 11.2. The van der Waals surface area contributed by atoms with Gasteiger partial charge in [0.1, 0.15) is 0 Å². The van der Waals surface area contributed by atoms with Gasteiger partial charge in [0.15, 0.2) is 0 Å². The lowest BCUT2D eigenvalue weighted by atomic mass is 10.1. The van der Waals surface area contributed by atoms with Gasteiger partial charge in [-0.05, 0) is 30.2 Å². The Balaban J connectivity index is 2.05. The molecular formula is C15H15N5. The highest BCUT2D eigenvalue weighted by Gasteiger charge is 2.08. The van der Waals surface area contributed by atoms with Crippen molar-refractivity contribution in [3.05, 3.63) is 54.6 Å². The molecule has 1 aromatic carbocycles. The fourth-order valence-corrected chi connectivity index (χ4v) is 2.10. The molecule has 0 saturated heterocycles. The van der Waals surface area contributed by atoms with Crippen LogP contribution in [-0.2, 0) is 6.42 Å². The van der Waals surface area contributed by atoms with E-state index in [9.17, 15) is 0 Å². The number of benzene rings is 1. The smallest absolute Gasteiger partial charge is 0.220 e. The first-order valence-corrected chi connectivity index (χ1v) is 6.48. The zero-order valence-corrected chi connectivity index (χ0v) is 11.2. The summed E-state index contributed by atoms with van der Waals surface area (Å²) in [5, 5.41) is 0. The minimum absolute atomic E-state index is 0.261. The van der Waals surface area contributed by atoms with Gasteiger partial charge in [-0.25, -0.2) is 15.0 Å². The molecule has 3 rings (SSSR count). The summed E-state index contributed by atoms with van der Waals surface area (Å²) >= 11 is 0. The van der Waals surface area contributed by atoms with E-state index in [1.54, 1.807) is 18.7 Å². The molecule has 0 atom stereocenters. The van der Waals surface area contributed by atoms with E-state index in [0.717, 1.165) is 23.5 Å². The number of imidazole rings is 1. The Morgan fingerprint density at radius 3 is 2.65 bits per heavy atom. The fraction of sp³-hybridized carbons (Fsp3) is 0.133. The summed E-state index contributed by atoms with van der Waals surface area (Å²) in [5.41, 5.74) is 9.65. The van der Waals surface area contributed by atoms with Crippen LogP contribution in [0, 0.1) is 0 Å². The first-order chi connectivity index (χ1) is 9.78. The summed E-state index contributed by atoms with van der Waals surface area (Å²) in [6.45, 7) is 2.14. The summed E-state index contributed by atoms with van der Waals surface area (Å²) in [6, 6.07) is 10.2. The van der Waals surface area contributed by atoms with Crippen molar-refractivity contribution in [3.63, 3.8) is 0 Å². The van der Waals surface area contributed by atoms with Gasteiger partial charge >= 0.3 is 0 Å². The molecule has 3 aromatic rings. The Hall–Kier alpha value is -2.69. The van der Waals surface area contributed by atoms with Gasteiger partial charge in [-0.3, -0.25) is 4.57 Å². The summed E-state index contributed by atoms with van der Waals surface area (Å²) in [6.07, 6.45) is 6.22. The summed E-state index contributed by atoms with van der Waals surface area (Å²) < 4.78 is 1.99. The van der Waals surface area contributed by atoms with Gasteiger partial charge in [-0.15, -0.1) is 0 Å². The Labute approximate surface area is 117 Å². The third-order valence-corrected chi connectivity index (χ3v) is 3.20. The molecular weight excluding hydrogens is 250 g/mol. The quantitative estimate of drug-likeness (QED) is 0.789. The molecule has 0 aliphatic heterocycles. The van der Waals surface area contributed by atoms with Gasteiger partial charge in [0, 0.05) is 11.9 Å². The Bertz CT molecular complexity index is 715. The highest BCUT2D eigenvalue weighted by Crippen LogP contribution is 2.21. The van der Waals surface area contributed by atoms with Crippen LogP contribution in [0.5, 0.6) is 0 Å². The molecule has 5 heteroatoms. The largest absolute Gasteiger partial charge is 0.368 e. The molecule has 0 bridgehead atoms. The van der Waals surface area contributed by atoms with Crippen molar-refractivity contribution >= 4 is 5.95 Å². The number of hydrogen-bond donors (Lipinski definition) is 1. The molecule has 0 aliphatic carbocycles. The highest BCUT2D eigenvalue weighted by atomic mass is 15.1. The number of nitrogen functional groups attached to an aromatic ring is 1. The molecule has 0 saturated carbocycles. The number of anilines is 1. The number of aromatic nitrogens is 4. The van der Waals surface area contributed by atoms with Crippen LogP contribution in [0.15, 0.2) is 49.1 Å². The maximum absolute atomic E-state index is 5.64. The summed E-state index contributed by atoms with van der Waals surface area (Å²) in [5.74, 6) is 0.261. The Kier molecular flexibility index (Phi) is 3.16. The van der Waals surface area contributed by atoms with Crippen molar-refractivity contribution < 1.29 is 0 Å². The first kappa shape index (κ1) is 12.3. The molecule has 0 spiro atoms. The molecule has 0 aliphatic rings. The molecule has 20 heavy (non-hydrogen) atoms. The summed E-state index contributed by atoms with van der Waals surface area (Å²) in [7, 11) is 0. The van der Waals surface area contributed by atoms with Crippen molar-refractivity contribution in [3.8, 4) is 17.1 Å². The van der Waals surface area contributed by atoms with Gasteiger partial charge in [0.25, 0.3) is 0 Å². The second kappa shape index (κ2) is 5.13. The van der Waals surface area contributed by atoms with Crippen LogP contribution in [0.25, 0.3) is 17.1 Å². The van der Waals surface area contributed by atoms with Gasteiger partial charge < -0.3 is 5.73 Å². The third kappa shape index (κ3) is 2.25. The number of rotatable bonds is 3. The topological polar surface area (TPSA) is 69.6 Å². The van der Waals surface area contributed by atoms with Crippen LogP contribution >= 0.6 is 0 Å². The number of aryl methyl sites for hydroxylation is 1. The standard InChI is InChI=1S/C15H15N5/c1-2-11-3-5-12(6-4-11)20-10-17-9-14(20)13-7-8-18-15(16)19-13/h3-10H,2H2,1H3,(H2,16,18,19). The lowest BCUT2D eigenvalue weighted by molar-refractivity contribution is 1.04. The van der Waals surface area contributed by atoms with E-state index in [4.69, 9.17) is 5.73 Å². The van der Waals surface area contributed by atoms with E-state index in [1.807, 2.05) is 10.6 Å². The SMILES string of the molecule is CCc1ccc(-n2cncc2-c2ccnc(N)n2)cc1. The number of nitrogens with two attached hydrogens (primary N) is 1. The molecule has 0 unspecified atom stereocenters. The molecule has 0 amide bonds. The van der Waals surface area contributed by atoms with Crippen molar-refractivity contribution in [2.75, 3.05) is 5.73 Å².